The van der Waals surface area contributed by atoms with Gasteiger partial charge in [-0.15, -0.1) is 0 Å². The molecule has 0 amide bonds. The summed E-state index contributed by atoms with van der Waals surface area (Å²) in [4.78, 5) is 22.0. The van der Waals surface area contributed by atoms with Gasteiger partial charge in [0.2, 0.25) is 0 Å². The van der Waals surface area contributed by atoms with Crippen molar-refractivity contribution in [3.8, 4) is 0 Å². The minimum absolute atomic E-state index is 0.00513. The molecule has 0 spiro atoms. The summed E-state index contributed by atoms with van der Waals surface area (Å²) in [6, 6.07) is 0. The van der Waals surface area contributed by atoms with Gasteiger partial charge < -0.3 is 14.2 Å². The second-order valence-electron chi connectivity index (χ2n) is 3.64. The zero-order valence-corrected chi connectivity index (χ0v) is 10.9. The summed E-state index contributed by atoms with van der Waals surface area (Å²) in [5, 5.41) is 0. The Balaban J connectivity index is 3.75. The van der Waals surface area contributed by atoms with Crippen LogP contribution in [0.4, 0.5) is 17.6 Å². The fraction of sp³-hybridized carbons (Fsp3) is 0.818. The average molecular weight is 304 g/mol. The number of ether oxygens (including phenoxy) is 3. The highest BCUT2D eigenvalue weighted by Crippen LogP contribution is 2.23. The molecule has 0 aromatic heterocycles. The van der Waals surface area contributed by atoms with Gasteiger partial charge >= 0.3 is 24.3 Å². The maximum absolute atomic E-state index is 12.4. The molecule has 0 heterocycles. The van der Waals surface area contributed by atoms with Gasteiger partial charge in [0.1, 0.15) is 6.61 Å². The second kappa shape index (κ2) is 9.51. The molecule has 0 rings (SSSR count). The van der Waals surface area contributed by atoms with Gasteiger partial charge in [-0.3, -0.25) is 9.59 Å². The first kappa shape index (κ1) is 18.6. The van der Waals surface area contributed by atoms with Crippen molar-refractivity contribution in [1.82, 2.24) is 0 Å². The van der Waals surface area contributed by atoms with E-state index in [1.165, 1.54) is 0 Å². The van der Waals surface area contributed by atoms with E-state index in [-0.39, 0.29) is 19.6 Å². The number of alkyl halides is 4. The molecule has 0 atom stereocenters. The van der Waals surface area contributed by atoms with E-state index >= 15 is 0 Å². The van der Waals surface area contributed by atoms with Crippen molar-refractivity contribution in [2.75, 3.05) is 26.4 Å². The molecule has 0 fully saturated rings. The van der Waals surface area contributed by atoms with Crippen LogP contribution >= 0.6 is 0 Å². The zero-order chi connectivity index (χ0) is 15.6. The summed E-state index contributed by atoms with van der Waals surface area (Å²) in [7, 11) is 0. The molecule has 0 bridgehead atoms. The summed E-state index contributed by atoms with van der Waals surface area (Å²) in [5.74, 6) is -6.30. The first-order valence-electron chi connectivity index (χ1n) is 5.84. The number of hydrogen-bond acceptors (Lipinski definition) is 5. The largest absolute Gasteiger partial charge is 0.463 e. The Kier molecular flexibility index (Phi) is 8.86. The quantitative estimate of drug-likeness (QED) is 0.350. The van der Waals surface area contributed by atoms with Crippen molar-refractivity contribution in [1.29, 1.82) is 0 Å². The highest BCUT2D eigenvalue weighted by molar-refractivity contribution is 5.77. The number of hydrogen-bond donors (Lipinski definition) is 0. The molecule has 0 aliphatic rings. The zero-order valence-electron chi connectivity index (χ0n) is 10.9. The van der Waals surface area contributed by atoms with E-state index in [1.54, 1.807) is 6.92 Å². The maximum Gasteiger partial charge on any atom is 0.340 e. The van der Waals surface area contributed by atoms with Crippen LogP contribution in [0.25, 0.3) is 0 Å². The molecular formula is C11H16F4O5. The lowest BCUT2D eigenvalue weighted by Gasteiger charge is -2.14. The Morgan fingerprint density at radius 3 is 2.10 bits per heavy atom. The Morgan fingerprint density at radius 1 is 1.05 bits per heavy atom. The van der Waals surface area contributed by atoms with Crippen molar-refractivity contribution in [3.05, 3.63) is 0 Å². The lowest BCUT2D eigenvalue weighted by atomic mass is 10.3. The van der Waals surface area contributed by atoms with Gasteiger partial charge in [-0.2, -0.15) is 8.78 Å². The summed E-state index contributed by atoms with van der Waals surface area (Å²) in [6.07, 6.45) is -4.82. The van der Waals surface area contributed by atoms with Crippen LogP contribution in [0.3, 0.4) is 0 Å². The molecule has 0 saturated heterocycles. The maximum atomic E-state index is 12.4. The summed E-state index contributed by atoms with van der Waals surface area (Å²) < 4.78 is 61.8. The van der Waals surface area contributed by atoms with E-state index in [1.807, 2.05) is 0 Å². The molecule has 0 aliphatic heterocycles. The standard InChI is InChI=1S/C11H16F4O5/c1-2-18-5-6-19-8(16)3-4-9(17)20-7-11(14,15)10(12)13/h10H,2-7H2,1H3. The van der Waals surface area contributed by atoms with Crippen LogP contribution < -0.4 is 0 Å². The average Bonchev–Trinajstić information content (AvgIpc) is 2.39. The van der Waals surface area contributed by atoms with Crippen LogP contribution in [0.1, 0.15) is 19.8 Å². The monoisotopic (exact) mass is 304 g/mol. The van der Waals surface area contributed by atoms with E-state index in [0.29, 0.717) is 6.61 Å². The predicted molar refractivity (Wildman–Crippen MR) is 58.6 cm³/mol. The van der Waals surface area contributed by atoms with Crippen LogP contribution in [0.2, 0.25) is 0 Å². The van der Waals surface area contributed by atoms with Crippen molar-refractivity contribution in [2.24, 2.45) is 0 Å². The number of esters is 2. The van der Waals surface area contributed by atoms with Gasteiger partial charge in [-0.05, 0) is 6.92 Å². The van der Waals surface area contributed by atoms with Gasteiger partial charge in [0.25, 0.3) is 0 Å². The molecule has 0 saturated carbocycles. The summed E-state index contributed by atoms with van der Waals surface area (Å²) in [5.41, 5.74) is 0. The topological polar surface area (TPSA) is 61.8 Å². The van der Waals surface area contributed by atoms with Crippen LogP contribution in [-0.4, -0.2) is 50.7 Å². The molecule has 0 unspecified atom stereocenters. The molecule has 118 valence electrons. The SMILES string of the molecule is CCOCCOC(=O)CCC(=O)OCC(F)(F)C(F)F. The first-order valence-corrected chi connectivity index (χ1v) is 5.84. The third-order valence-electron chi connectivity index (χ3n) is 1.97. The van der Waals surface area contributed by atoms with Crippen molar-refractivity contribution in [3.63, 3.8) is 0 Å². The fourth-order valence-electron chi connectivity index (χ4n) is 0.947. The lowest BCUT2D eigenvalue weighted by molar-refractivity contribution is -0.180. The van der Waals surface area contributed by atoms with Gasteiger partial charge in [0.15, 0.2) is 6.61 Å². The molecule has 5 nitrogen and oxygen atoms in total. The molecule has 0 aromatic carbocycles. The summed E-state index contributed by atoms with van der Waals surface area (Å²) >= 11 is 0. The molecule has 9 heteroatoms. The molecule has 20 heavy (non-hydrogen) atoms. The van der Waals surface area contributed by atoms with Gasteiger partial charge in [-0.1, -0.05) is 0 Å². The predicted octanol–water partition coefficient (Wildman–Crippen LogP) is 1.79. The van der Waals surface area contributed by atoms with E-state index in [0.717, 1.165) is 0 Å². The molecule has 0 radical (unpaired) electrons. The van der Waals surface area contributed by atoms with Crippen LogP contribution in [0.5, 0.6) is 0 Å². The minimum Gasteiger partial charge on any atom is -0.463 e. The normalized spacial score (nSPS) is 11.5. The Labute approximate surface area is 113 Å². The fourth-order valence-corrected chi connectivity index (χ4v) is 0.947. The van der Waals surface area contributed by atoms with E-state index < -0.39 is 37.3 Å². The highest BCUT2D eigenvalue weighted by atomic mass is 19.3. The van der Waals surface area contributed by atoms with Gasteiger partial charge in [-0.25, -0.2) is 8.78 Å². The Morgan fingerprint density at radius 2 is 1.60 bits per heavy atom. The molecule has 0 aliphatic carbocycles. The molecular weight excluding hydrogens is 288 g/mol. The van der Waals surface area contributed by atoms with Crippen LogP contribution in [-0.2, 0) is 23.8 Å². The smallest absolute Gasteiger partial charge is 0.340 e. The molecule has 0 aromatic rings. The molecule has 0 N–H and O–H groups in total. The number of halogens is 4. The third kappa shape index (κ3) is 8.68. The van der Waals surface area contributed by atoms with E-state index in [9.17, 15) is 27.2 Å². The van der Waals surface area contributed by atoms with Crippen LogP contribution in [0, 0.1) is 0 Å². The first-order chi connectivity index (χ1) is 9.29. The number of rotatable bonds is 10. The second-order valence-corrected chi connectivity index (χ2v) is 3.64. The van der Waals surface area contributed by atoms with E-state index in [4.69, 9.17) is 4.74 Å². The van der Waals surface area contributed by atoms with Crippen molar-refractivity contribution < 1.29 is 41.4 Å². The van der Waals surface area contributed by atoms with Crippen molar-refractivity contribution >= 4 is 11.9 Å². The van der Waals surface area contributed by atoms with Crippen LogP contribution in [0.15, 0.2) is 0 Å². The highest BCUT2D eigenvalue weighted by Gasteiger charge is 2.42. The Hall–Kier alpha value is -1.38. The van der Waals surface area contributed by atoms with Gasteiger partial charge in [0.05, 0.1) is 19.4 Å². The summed E-state index contributed by atoms with van der Waals surface area (Å²) in [6.45, 7) is 0.705. The third-order valence-corrected chi connectivity index (χ3v) is 1.97. The minimum atomic E-state index is -4.40. The lowest BCUT2D eigenvalue weighted by Crippen LogP contribution is -2.33. The van der Waals surface area contributed by atoms with Crippen molar-refractivity contribution in [2.45, 2.75) is 32.1 Å². The van der Waals surface area contributed by atoms with E-state index in [2.05, 4.69) is 9.47 Å². The number of carbonyl (C=O) groups excluding carboxylic acids is 2. The van der Waals surface area contributed by atoms with Gasteiger partial charge in [0, 0.05) is 6.61 Å². The Bertz CT molecular complexity index is 309. The number of carbonyl (C=O) groups is 2.